The van der Waals surface area contributed by atoms with E-state index < -0.39 is 17.3 Å². The highest BCUT2D eigenvalue weighted by Gasteiger charge is 2.37. The number of hydrogen-bond donors (Lipinski definition) is 1. The molecule has 0 unspecified atom stereocenters. The lowest BCUT2D eigenvalue weighted by Crippen LogP contribution is -2.47. The first-order valence-electron chi connectivity index (χ1n) is 9.29. The van der Waals surface area contributed by atoms with E-state index in [2.05, 4.69) is 9.98 Å². The number of imidazole rings is 1. The molecule has 0 saturated carbocycles. The van der Waals surface area contributed by atoms with E-state index in [9.17, 15) is 18.0 Å². The van der Waals surface area contributed by atoms with Gasteiger partial charge in [0, 0.05) is 12.7 Å². The van der Waals surface area contributed by atoms with E-state index >= 15 is 0 Å². The van der Waals surface area contributed by atoms with Crippen molar-refractivity contribution in [2.75, 3.05) is 7.05 Å². The Morgan fingerprint density at radius 2 is 1.87 bits per heavy atom. The van der Waals surface area contributed by atoms with Gasteiger partial charge in [0.2, 0.25) is 5.91 Å². The number of amides is 1. The summed E-state index contributed by atoms with van der Waals surface area (Å²) in [7, 11) is 1.57. The number of para-hydroxylation sites is 1. The second kappa shape index (κ2) is 6.58. The van der Waals surface area contributed by atoms with Gasteiger partial charge in [0.1, 0.15) is 11.3 Å². The highest BCUT2D eigenvalue weighted by Crippen LogP contribution is 2.37. The maximum absolute atomic E-state index is 13.4. The summed E-state index contributed by atoms with van der Waals surface area (Å²) in [5, 5.41) is 0. The van der Waals surface area contributed by atoms with Crippen LogP contribution >= 0.6 is 0 Å². The maximum atomic E-state index is 13.4. The predicted molar refractivity (Wildman–Crippen MR) is 107 cm³/mol. The van der Waals surface area contributed by atoms with Gasteiger partial charge in [-0.1, -0.05) is 18.2 Å². The van der Waals surface area contributed by atoms with E-state index in [0.717, 1.165) is 11.6 Å². The van der Waals surface area contributed by atoms with E-state index in [1.165, 1.54) is 11.0 Å². The molecule has 4 rings (SSSR count). The van der Waals surface area contributed by atoms with Crippen molar-refractivity contribution in [2.45, 2.75) is 32.0 Å². The fraction of sp³-hybridized carbons (Fsp3) is 0.286. The van der Waals surface area contributed by atoms with Crippen molar-refractivity contribution in [3.05, 3.63) is 59.4 Å². The molecule has 0 radical (unpaired) electrons. The molecule has 0 fully saturated rings. The molecule has 9 heteroatoms. The summed E-state index contributed by atoms with van der Waals surface area (Å²) in [6.07, 6.45) is -4.36. The molecule has 0 saturated heterocycles. The molecular formula is C21H20F3N5O. The zero-order valence-electron chi connectivity index (χ0n) is 16.7. The van der Waals surface area contributed by atoms with Crippen LogP contribution in [0.15, 0.2) is 47.5 Å². The van der Waals surface area contributed by atoms with Gasteiger partial charge in [0.25, 0.3) is 0 Å². The molecular weight excluding hydrogens is 395 g/mol. The number of hydrogen-bond acceptors (Lipinski definition) is 4. The Hall–Kier alpha value is -3.36. The number of rotatable bonds is 2. The van der Waals surface area contributed by atoms with Gasteiger partial charge >= 0.3 is 6.18 Å². The number of aromatic nitrogens is 2. The first-order chi connectivity index (χ1) is 14.0. The van der Waals surface area contributed by atoms with Crippen LogP contribution in [0.25, 0.3) is 16.7 Å². The van der Waals surface area contributed by atoms with Crippen molar-refractivity contribution < 1.29 is 18.0 Å². The quantitative estimate of drug-likeness (QED) is 0.693. The number of halogens is 3. The number of carbonyl (C=O) groups excluding carboxylic acids is 1. The summed E-state index contributed by atoms with van der Waals surface area (Å²) in [5.41, 5.74) is 5.88. The number of nitrogens with zero attached hydrogens (tertiary/aromatic N) is 4. The molecule has 3 aromatic rings. The van der Waals surface area contributed by atoms with Crippen LogP contribution in [0.3, 0.4) is 0 Å². The number of carbonyl (C=O) groups is 1. The van der Waals surface area contributed by atoms with Crippen molar-refractivity contribution in [3.8, 4) is 5.69 Å². The zero-order chi connectivity index (χ0) is 21.8. The first kappa shape index (κ1) is 19.9. The Bertz CT molecular complexity index is 1200. The first-order valence-corrected chi connectivity index (χ1v) is 9.29. The Kier molecular flexibility index (Phi) is 4.37. The van der Waals surface area contributed by atoms with Crippen LogP contribution in [0.4, 0.5) is 13.2 Å². The summed E-state index contributed by atoms with van der Waals surface area (Å²) in [6.45, 7) is 3.47. The Morgan fingerprint density at radius 1 is 1.17 bits per heavy atom. The van der Waals surface area contributed by atoms with Gasteiger partial charge in [-0.2, -0.15) is 13.2 Å². The highest BCUT2D eigenvalue weighted by atomic mass is 19.4. The van der Waals surface area contributed by atoms with Gasteiger partial charge in [0.05, 0.1) is 23.0 Å². The number of aliphatic imine (C=N–C) groups is 1. The van der Waals surface area contributed by atoms with Crippen LogP contribution in [-0.2, 0) is 16.5 Å². The minimum atomic E-state index is -4.50. The number of alkyl halides is 3. The molecule has 0 aliphatic carbocycles. The minimum absolute atomic E-state index is 0.101. The molecule has 2 heterocycles. The van der Waals surface area contributed by atoms with Crippen LogP contribution in [0, 0.1) is 6.92 Å². The SMILES string of the molecule is Cc1nc2c(C(F)(F)F)cccc2n1-c1cccc([C@]2(C)CC(=O)N(C)C(N)=N2)c1. The van der Waals surface area contributed by atoms with Crippen molar-refractivity contribution in [1.82, 2.24) is 14.5 Å². The molecule has 1 aliphatic rings. The van der Waals surface area contributed by atoms with Crippen molar-refractivity contribution in [2.24, 2.45) is 10.7 Å². The fourth-order valence-electron chi connectivity index (χ4n) is 3.82. The van der Waals surface area contributed by atoms with Crippen LogP contribution in [0.2, 0.25) is 0 Å². The van der Waals surface area contributed by atoms with Crippen LogP contribution in [-0.4, -0.2) is 33.4 Å². The molecule has 1 amide bonds. The summed E-state index contributed by atoms with van der Waals surface area (Å²) in [4.78, 5) is 22.3. The second-order valence-electron chi connectivity index (χ2n) is 7.59. The monoisotopic (exact) mass is 415 g/mol. The molecule has 6 nitrogen and oxygen atoms in total. The predicted octanol–water partition coefficient (Wildman–Crippen LogP) is 3.74. The molecule has 1 aliphatic heterocycles. The summed E-state index contributed by atoms with van der Waals surface area (Å²) < 4.78 is 41.9. The summed E-state index contributed by atoms with van der Waals surface area (Å²) in [5.74, 6) is 0.388. The van der Waals surface area contributed by atoms with Crippen LogP contribution < -0.4 is 5.73 Å². The number of guanidine groups is 1. The molecule has 0 spiro atoms. The maximum Gasteiger partial charge on any atom is 0.418 e. The van der Waals surface area contributed by atoms with E-state index in [-0.39, 0.29) is 23.8 Å². The van der Waals surface area contributed by atoms with Gasteiger partial charge in [0.15, 0.2) is 5.96 Å². The minimum Gasteiger partial charge on any atom is -0.369 e. The molecule has 2 N–H and O–H groups in total. The number of aryl methyl sites for hydroxylation is 1. The van der Waals surface area contributed by atoms with Crippen LogP contribution in [0.5, 0.6) is 0 Å². The molecule has 0 bridgehead atoms. The van der Waals surface area contributed by atoms with E-state index in [1.54, 1.807) is 36.7 Å². The molecule has 1 atom stereocenters. The van der Waals surface area contributed by atoms with Crippen molar-refractivity contribution >= 4 is 22.9 Å². The molecule has 2 aromatic carbocycles. The molecule has 156 valence electrons. The number of fused-ring (bicyclic) bond motifs is 1. The van der Waals surface area contributed by atoms with Crippen molar-refractivity contribution in [3.63, 3.8) is 0 Å². The van der Waals surface area contributed by atoms with E-state index in [4.69, 9.17) is 5.73 Å². The van der Waals surface area contributed by atoms with Gasteiger partial charge in [-0.05, 0) is 43.7 Å². The number of nitrogens with two attached hydrogens (primary N) is 1. The topological polar surface area (TPSA) is 76.5 Å². The normalized spacial score (nSPS) is 20.0. The second-order valence-corrected chi connectivity index (χ2v) is 7.59. The third-order valence-electron chi connectivity index (χ3n) is 5.46. The van der Waals surface area contributed by atoms with Crippen molar-refractivity contribution in [1.29, 1.82) is 0 Å². The van der Waals surface area contributed by atoms with E-state index in [0.29, 0.717) is 17.0 Å². The standard InChI is InChI=1S/C21H20F3N5O/c1-12-26-18-15(21(22,23)24)8-5-9-16(18)29(12)14-7-4-6-13(10-14)20(2)11-17(30)28(3)19(25)27-20/h4-10H,11H2,1-3H3,(H2,25,27)/t20-/m0/s1. The molecule has 1 aromatic heterocycles. The third kappa shape index (κ3) is 3.10. The van der Waals surface area contributed by atoms with E-state index in [1.807, 2.05) is 19.1 Å². The third-order valence-corrected chi connectivity index (χ3v) is 5.46. The van der Waals surface area contributed by atoms with Crippen LogP contribution in [0.1, 0.15) is 30.3 Å². The Labute approximate surface area is 170 Å². The lowest BCUT2D eigenvalue weighted by Gasteiger charge is -2.33. The largest absolute Gasteiger partial charge is 0.418 e. The van der Waals surface area contributed by atoms with Gasteiger partial charge in [-0.3, -0.25) is 14.3 Å². The van der Waals surface area contributed by atoms with Gasteiger partial charge in [-0.25, -0.2) is 9.98 Å². The lowest BCUT2D eigenvalue weighted by molar-refractivity contribution is -0.136. The summed E-state index contributed by atoms with van der Waals surface area (Å²) in [6, 6.07) is 11.2. The summed E-state index contributed by atoms with van der Waals surface area (Å²) >= 11 is 0. The Balaban J connectivity index is 1.88. The number of benzene rings is 2. The zero-order valence-corrected chi connectivity index (χ0v) is 16.7. The average Bonchev–Trinajstić information content (AvgIpc) is 3.01. The fourth-order valence-corrected chi connectivity index (χ4v) is 3.82. The van der Waals surface area contributed by atoms with Gasteiger partial charge in [-0.15, -0.1) is 0 Å². The molecule has 30 heavy (non-hydrogen) atoms. The lowest BCUT2D eigenvalue weighted by atomic mass is 9.87. The van der Waals surface area contributed by atoms with Gasteiger partial charge < -0.3 is 5.73 Å². The highest BCUT2D eigenvalue weighted by molar-refractivity contribution is 5.98. The smallest absolute Gasteiger partial charge is 0.369 e. The average molecular weight is 415 g/mol. The Morgan fingerprint density at radius 3 is 2.53 bits per heavy atom.